The van der Waals surface area contributed by atoms with Crippen LogP contribution in [0, 0.1) is 0 Å². The quantitative estimate of drug-likeness (QED) is 0.728. The smallest absolute Gasteiger partial charge is 0.251 e. The molecule has 1 aromatic carbocycles. The molecule has 2 aliphatic heterocycles. The molecule has 0 aromatic heterocycles. The Kier molecular flexibility index (Phi) is 6.45. The predicted octanol–water partition coefficient (Wildman–Crippen LogP) is 1.18. The van der Waals surface area contributed by atoms with Crippen LogP contribution in [0.2, 0.25) is 0 Å². The van der Waals surface area contributed by atoms with Crippen LogP contribution in [0.15, 0.2) is 24.3 Å². The van der Waals surface area contributed by atoms with Crippen molar-refractivity contribution in [1.29, 1.82) is 0 Å². The minimum atomic E-state index is -0.294. The Morgan fingerprint density at radius 2 is 2.00 bits per heavy atom. The third-order valence-corrected chi connectivity index (χ3v) is 5.15. The summed E-state index contributed by atoms with van der Waals surface area (Å²) in [5.74, 6) is -0.0552. The van der Waals surface area contributed by atoms with Crippen LogP contribution in [0.4, 0.5) is 0 Å². The van der Waals surface area contributed by atoms with E-state index in [1.165, 1.54) is 0 Å². The molecule has 1 atom stereocenters. The number of carbonyl (C=O) groups is 3. The van der Waals surface area contributed by atoms with E-state index in [9.17, 15) is 14.4 Å². The average Bonchev–Trinajstić information content (AvgIpc) is 2.69. The number of methoxy groups -OCH3 is 1. The summed E-state index contributed by atoms with van der Waals surface area (Å²) in [4.78, 5) is 40.5. The number of benzene rings is 1. The maximum absolute atomic E-state index is 12.7. The van der Waals surface area contributed by atoms with Crippen molar-refractivity contribution >= 4 is 17.7 Å². The summed E-state index contributed by atoms with van der Waals surface area (Å²) >= 11 is 0. The van der Waals surface area contributed by atoms with Gasteiger partial charge in [0.15, 0.2) is 0 Å². The lowest BCUT2D eigenvalue weighted by molar-refractivity contribution is -0.158. The molecule has 2 fully saturated rings. The molecular formula is C20H27N3O4. The Hall–Kier alpha value is -2.41. The minimum Gasteiger partial charge on any atom is -0.385 e. The molecule has 2 heterocycles. The summed E-state index contributed by atoms with van der Waals surface area (Å²) in [6.07, 6.45) is 3.49. The van der Waals surface area contributed by atoms with Crippen molar-refractivity contribution in [3.8, 4) is 0 Å². The zero-order valence-corrected chi connectivity index (χ0v) is 15.8. The van der Waals surface area contributed by atoms with Crippen LogP contribution in [0.5, 0.6) is 0 Å². The van der Waals surface area contributed by atoms with Gasteiger partial charge in [-0.3, -0.25) is 14.4 Å². The lowest BCUT2D eigenvalue weighted by Crippen LogP contribution is -2.60. The second-order valence-corrected chi connectivity index (χ2v) is 7.09. The van der Waals surface area contributed by atoms with Gasteiger partial charge in [0.2, 0.25) is 11.8 Å². The summed E-state index contributed by atoms with van der Waals surface area (Å²) in [5, 5.41) is 2.84. The third kappa shape index (κ3) is 4.66. The number of amides is 3. The number of piperazine rings is 1. The van der Waals surface area contributed by atoms with Crippen molar-refractivity contribution in [3.05, 3.63) is 35.4 Å². The van der Waals surface area contributed by atoms with Crippen LogP contribution >= 0.6 is 0 Å². The molecule has 3 rings (SSSR count). The van der Waals surface area contributed by atoms with E-state index in [-0.39, 0.29) is 30.3 Å². The van der Waals surface area contributed by atoms with Gasteiger partial charge in [-0.25, -0.2) is 0 Å². The molecule has 2 saturated heterocycles. The topological polar surface area (TPSA) is 79.0 Å². The number of hydrogen-bond donors (Lipinski definition) is 1. The van der Waals surface area contributed by atoms with Crippen molar-refractivity contribution in [2.75, 3.05) is 33.4 Å². The Labute approximate surface area is 159 Å². The second-order valence-electron chi connectivity index (χ2n) is 7.09. The van der Waals surface area contributed by atoms with Crippen molar-refractivity contribution < 1.29 is 19.1 Å². The summed E-state index contributed by atoms with van der Waals surface area (Å²) in [7, 11) is 1.63. The van der Waals surface area contributed by atoms with Gasteiger partial charge in [-0.15, -0.1) is 0 Å². The lowest BCUT2D eigenvalue weighted by Gasteiger charge is -2.42. The molecule has 2 aliphatic rings. The fourth-order valence-electron chi connectivity index (χ4n) is 3.67. The summed E-state index contributed by atoms with van der Waals surface area (Å²) in [6, 6.07) is 6.90. The van der Waals surface area contributed by atoms with Gasteiger partial charge < -0.3 is 19.9 Å². The van der Waals surface area contributed by atoms with Gasteiger partial charge in [-0.1, -0.05) is 12.1 Å². The van der Waals surface area contributed by atoms with Crippen molar-refractivity contribution in [1.82, 2.24) is 15.1 Å². The first-order valence-corrected chi connectivity index (χ1v) is 9.54. The maximum atomic E-state index is 12.7. The van der Waals surface area contributed by atoms with Gasteiger partial charge in [0.1, 0.15) is 12.6 Å². The molecular weight excluding hydrogens is 346 g/mol. The molecule has 0 spiro atoms. The van der Waals surface area contributed by atoms with Crippen molar-refractivity contribution in [2.24, 2.45) is 0 Å². The molecule has 0 unspecified atom stereocenters. The van der Waals surface area contributed by atoms with Gasteiger partial charge in [0.25, 0.3) is 5.91 Å². The number of ether oxygens (including phenoxy) is 1. The molecule has 3 amide bonds. The number of rotatable bonds is 7. The van der Waals surface area contributed by atoms with Crippen LogP contribution in [0.3, 0.4) is 0 Å². The zero-order chi connectivity index (χ0) is 19.2. The number of nitrogens with zero attached hydrogens (tertiary/aromatic N) is 2. The average molecular weight is 373 g/mol. The largest absolute Gasteiger partial charge is 0.385 e. The van der Waals surface area contributed by atoms with Crippen molar-refractivity contribution in [2.45, 2.75) is 38.3 Å². The molecule has 1 N–H and O–H groups in total. The zero-order valence-electron chi connectivity index (χ0n) is 15.8. The standard InChI is InChI=1S/C20H27N3O4/c1-27-12-4-10-21-19(25)16-8-6-15(7-9-16)13-22-14-18(24)23-11-3-2-5-17(23)20(22)26/h6-9,17H,2-5,10-14H2,1H3,(H,21,25)/t17-/m1/s1. The first-order valence-electron chi connectivity index (χ1n) is 9.54. The highest BCUT2D eigenvalue weighted by atomic mass is 16.5. The van der Waals surface area contributed by atoms with E-state index < -0.39 is 0 Å². The van der Waals surface area contributed by atoms with Crippen LogP contribution < -0.4 is 5.32 Å². The van der Waals surface area contributed by atoms with Crippen LogP contribution in [0.25, 0.3) is 0 Å². The number of piperidine rings is 1. The Bertz CT molecular complexity index is 689. The van der Waals surface area contributed by atoms with Gasteiger partial charge in [-0.05, 0) is 43.4 Å². The number of fused-ring (bicyclic) bond motifs is 1. The first kappa shape index (κ1) is 19.4. The van der Waals surface area contributed by atoms with Gasteiger partial charge in [0.05, 0.1) is 0 Å². The molecule has 0 radical (unpaired) electrons. The van der Waals surface area contributed by atoms with E-state index in [1.54, 1.807) is 29.0 Å². The molecule has 7 nitrogen and oxygen atoms in total. The normalized spacial score (nSPS) is 19.8. The Morgan fingerprint density at radius 3 is 2.74 bits per heavy atom. The predicted molar refractivity (Wildman–Crippen MR) is 100 cm³/mol. The highest BCUT2D eigenvalue weighted by Gasteiger charge is 2.40. The molecule has 0 aliphatic carbocycles. The van der Waals surface area contributed by atoms with Gasteiger partial charge in [-0.2, -0.15) is 0 Å². The van der Waals surface area contributed by atoms with E-state index in [4.69, 9.17) is 4.74 Å². The lowest BCUT2D eigenvalue weighted by atomic mass is 9.98. The maximum Gasteiger partial charge on any atom is 0.251 e. The molecule has 0 saturated carbocycles. The van der Waals surface area contributed by atoms with E-state index in [0.717, 1.165) is 31.2 Å². The van der Waals surface area contributed by atoms with Crippen LogP contribution in [-0.2, 0) is 20.9 Å². The molecule has 27 heavy (non-hydrogen) atoms. The SMILES string of the molecule is COCCCNC(=O)c1ccc(CN2CC(=O)N3CCCC[C@@H]3C2=O)cc1. The van der Waals surface area contributed by atoms with E-state index >= 15 is 0 Å². The highest BCUT2D eigenvalue weighted by Crippen LogP contribution is 2.24. The number of carbonyl (C=O) groups excluding carboxylic acids is 3. The summed E-state index contributed by atoms with van der Waals surface area (Å²) in [5.41, 5.74) is 1.49. The Balaban J connectivity index is 1.57. The fraction of sp³-hybridized carbons (Fsp3) is 0.550. The van der Waals surface area contributed by atoms with E-state index in [2.05, 4.69) is 5.32 Å². The van der Waals surface area contributed by atoms with Gasteiger partial charge >= 0.3 is 0 Å². The monoisotopic (exact) mass is 373 g/mol. The highest BCUT2D eigenvalue weighted by molar-refractivity contribution is 5.95. The summed E-state index contributed by atoms with van der Waals surface area (Å²) < 4.78 is 4.96. The third-order valence-electron chi connectivity index (χ3n) is 5.15. The van der Waals surface area contributed by atoms with Crippen LogP contribution in [-0.4, -0.2) is 66.9 Å². The van der Waals surface area contributed by atoms with Gasteiger partial charge in [0, 0.05) is 38.9 Å². The van der Waals surface area contributed by atoms with Crippen molar-refractivity contribution in [3.63, 3.8) is 0 Å². The van der Waals surface area contributed by atoms with E-state index in [0.29, 0.717) is 31.8 Å². The fourth-order valence-corrected chi connectivity index (χ4v) is 3.67. The molecule has 0 bridgehead atoms. The Morgan fingerprint density at radius 1 is 1.22 bits per heavy atom. The molecule has 146 valence electrons. The van der Waals surface area contributed by atoms with E-state index in [1.807, 2.05) is 12.1 Å². The molecule has 7 heteroatoms. The number of nitrogens with one attached hydrogen (secondary N) is 1. The summed E-state index contributed by atoms with van der Waals surface area (Å²) in [6.45, 7) is 2.40. The van der Waals surface area contributed by atoms with Crippen LogP contribution in [0.1, 0.15) is 41.6 Å². The number of hydrogen-bond acceptors (Lipinski definition) is 4. The molecule has 1 aromatic rings. The second kappa shape index (κ2) is 8.99. The minimum absolute atomic E-state index is 0.0337. The first-order chi connectivity index (χ1) is 13.1.